The number of nitrogens with zero attached hydrogens (tertiary/aromatic N) is 5. The summed E-state index contributed by atoms with van der Waals surface area (Å²) < 4.78 is 0. The smallest absolute Gasteiger partial charge is 0.241 e. The Morgan fingerprint density at radius 1 is 1.41 bits per heavy atom. The average Bonchev–Trinajstić information content (AvgIpc) is 2.27. The number of amides is 1. The molecule has 0 saturated heterocycles. The number of carbonyl (C=O) groups excluding carboxylic acids is 1. The fraction of sp³-hybridized carbons (Fsp3) is 0.455. The van der Waals surface area contributed by atoms with Crippen LogP contribution in [0.2, 0.25) is 0 Å². The number of hydrogen-bond acceptors (Lipinski definition) is 5. The SMILES string of the molecule is Cc1cc(C#N)nc(N(C)CC(=O)N(C)C)n1. The van der Waals surface area contributed by atoms with Gasteiger partial charge in [0.1, 0.15) is 11.8 Å². The van der Waals surface area contributed by atoms with Crippen molar-refractivity contribution in [3.8, 4) is 6.07 Å². The van der Waals surface area contributed by atoms with Crippen molar-refractivity contribution < 1.29 is 4.79 Å². The second-order valence-corrected chi connectivity index (χ2v) is 3.95. The third kappa shape index (κ3) is 3.41. The van der Waals surface area contributed by atoms with Gasteiger partial charge in [0.15, 0.2) is 0 Å². The topological polar surface area (TPSA) is 73.1 Å². The summed E-state index contributed by atoms with van der Waals surface area (Å²) in [5.74, 6) is 0.341. The van der Waals surface area contributed by atoms with Gasteiger partial charge in [0.2, 0.25) is 11.9 Å². The van der Waals surface area contributed by atoms with Crippen molar-refractivity contribution >= 4 is 11.9 Å². The number of aromatic nitrogens is 2. The van der Waals surface area contributed by atoms with Crippen molar-refractivity contribution in [2.75, 3.05) is 32.6 Å². The summed E-state index contributed by atoms with van der Waals surface area (Å²) in [6.45, 7) is 1.97. The fourth-order valence-electron chi connectivity index (χ4n) is 1.20. The van der Waals surface area contributed by atoms with Gasteiger partial charge in [0.05, 0.1) is 6.54 Å². The standard InChI is InChI=1S/C11H15N5O/c1-8-5-9(6-12)14-11(13-8)16(4)7-10(17)15(2)3/h5H,7H2,1-4H3. The zero-order chi connectivity index (χ0) is 13.0. The van der Waals surface area contributed by atoms with Gasteiger partial charge in [-0.05, 0) is 13.0 Å². The number of carbonyl (C=O) groups is 1. The maximum Gasteiger partial charge on any atom is 0.241 e. The minimum absolute atomic E-state index is 0.0453. The molecule has 0 N–H and O–H groups in total. The minimum atomic E-state index is -0.0453. The summed E-state index contributed by atoms with van der Waals surface area (Å²) in [5, 5.41) is 8.80. The van der Waals surface area contributed by atoms with Gasteiger partial charge in [-0.3, -0.25) is 4.79 Å². The van der Waals surface area contributed by atoms with Gasteiger partial charge in [-0.2, -0.15) is 5.26 Å². The third-order valence-corrected chi connectivity index (χ3v) is 2.17. The second-order valence-electron chi connectivity index (χ2n) is 3.95. The van der Waals surface area contributed by atoms with E-state index >= 15 is 0 Å². The lowest BCUT2D eigenvalue weighted by Gasteiger charge is -2.19. The average molecular weight is 233 g/mol. The molecule has 1 heterocycles. The first-order valence-corrected chi connectivity index (χ1v) is 5.11. The van der Waals surface area contributed by atoms with Gasteiger partial charge < -0.3 is 9.80 Å². The van der Waals surface area contributed by atoms with E-state index in [4.69, 9.17) is 5.26 Å². The highest BCUT2D eigenvalue weighted by Gasteiger charge is 2.12. The van der Waals surface area contributed by atoms with E-state index in [1.54, 1.807) is 39.0 Å². The van der Waals surface area contributed by atoms with Crippen LogP contribution in [0.1, 0.15) is 11.4 Å². The summed E-state index contributed by atoms with van der Waals surface area (Å²) in [5.41, 5.74) is 1.01. The molecule has 0 aliphatic rings. The van der Waals surface area contributed by atoms with Gasteiger partial charge in [-0.15, -0.1) is 0 Å². The molecule has 90 valence electrons. The number of anilines is 1. The molecule has 6 nitrogen and oxygen atoms in total. The number of hydrogen-bond donors (Lipinski definition) is 0. The monoisotopic (exact) mass is 233 g/mol. The Balaban J connectivity index is 2.89. The van der Waals surface area contributed by atoms with E-state index in [1.165, 1.54) is 4.90 Å². The van der Waals surface area contributed by atoms with E-state index in [9.17, 15) is 4.79 Å². The number of nitriles is 1. The van der Waals surface area contributed by atoms with E-state index in [1.807, 2.05) is 6.07 Å². The molecule has 17 heavy (non-hydrogen) atoms. The summed E-state index contributed by atoms with van der Waals surface area (Å²) in [4.78, 5) is 22.9. The van der Waals surface area contributed by atoms with Crippen molar-refractivity contribution in [1.82, 2.24) is 14.9 Å². The number of aryl methyl sites for hydroxylation is 1. The molecule has 0 aliphatic heterocycles. The molecule has 0 radical (unpaired) electrons. The summed E-state index contributed by atoms with van der Waals surface area (Å²) in [6.07, 6.45) is 0. The summed E-state index contributed by atoms with van der Waals surface area (Å²) in [7, 11) is 5.10. The Morgan fingerprint density at radius 3 is 2.59 bits per heavy atom. The molecule has 0 aliphatic carbocycles. The molecule has 0 spiro atoms. The Bertz CT molecular complexity index is 463. The van der Waals surface area contributed by atoms with Crippen molar-refractivity contribution in [1.29, 1.82) is 5.26 Å². The molecule has 1 aromatic heterocycles. The Hall–Kier alpha value is -2.16. The van der Waals surface area contributed by atoms with Gasteiger partial charge >= 0.3 is 0 Å². The maximum atomic E-state index is 11.5. The molecule has 1 amide bonds. The zero-order valence-electron chi connectivity index (χ0n) is 10.4. The Labute approximate surface area is 100 Å². The van der Waals surface area contributed by atoms with Crippen LogP contribution in [0.25, 0.3) is 0 Å². The Morgan fingerprint density at radius 2 is 2.06 bits per heavy atom. The first kappa shape index (κ1) is 12.9. The molecule has 0 saturated carbocycles. The van der Waals surface area contributed by atoms with Crippen LogP contribution in [0.15, 0.2) is 6.07 Å². The van der Waals surface area contributed by atoms with Gasteiger partial charge in [-0.25, -0.2) is 9.97 Å². The number of rotatable bonds is 3. The van der Waals surface area contributed by atoms with Crippen molar-refractivity contribution in [3.05, 3.63) is 17.5 Å². The van der Waals surface area contributed by atoms with E-state index < -0.39 is 0 Å². The van der Waals surface area contributed by atoms with Crippen LogP contribution in [0.5, 0.6) is 0 Å². The third-order valence-electron chi connectivity index (χ3n) is 2.17. The predicted octanol–water partition coefficient (Wildman–Crippen LogP) is 0.181. The molecular weight excluding hydrogens is 218 g/mol. The van der Waals surface area contributed by atoms with Crippen LogP contribution in [-0.4, -0.2) is 48.5 Å². The van der Waals surface area contributed by atoms with Crippen LogP contribution in [0, 0.1) is 18.3 Å². The lowest BCUT2D eigenvalue weighted by atomic mass is 10.3. The highest BCUT2D eigenvalue weighted by Crippen LogP contribution is 2.08. The maximum absolute atomic E-state index is 11.5. The highest BCUT2D eigenvalue weighted by atomic mass is 16.2. The van der Waals surface area contributed by atoms with Crippen molar-refractivity contribution in [2.24, 2.45) is 0 Å². The van der Waals surface area contributed by atoms with Crippen LogP contribution in [-0.2, 0) is 4.79 Å². The summed E-state index contributed by atoms with van der Waals surface area (Å²) >= 11 is 0. The second kappa shape index (κ2) is 5.25. The summed E-state index contributed by atoms with van der Waals surface area (Å²) in [6, 6.07) is 3.57. The lowest BCUT2D eigenvalue weighted by Crippen LogP contribution is -2.35. The molecule has 0 unspecified atom stereocenters. The van der Waals surface area contributed by atoms with Crippen LogP contribution >= 0.6 is 0 Å². The molecule has 0 aromatic carbocycles. The molecule has 1 aromatic rings. The van der Waals surface area contributed by atoms with Crippen molar-refractivity contribution in [2.45, 2.75) is 6.92 Å². The highest BCUT2D eigenvalue weighted by molar-refractivity contribution is 5.80. The molecular formula is C11H15N5O. The molecule has 0 atom stereocenters. The van der Waals surface area contributed by atoms with Crippen LogP contribution in [0.3, 0.4) is 0 Å². The first-order valence-electron chi connectivity index (χ1n) is 5.11. The van der Waals surface area contributed by atoms with Crippen molar-refractivity contribution in [3.63, 3.8) is 0 Å². The Kier molecular flexibility index (Phi) is 3.99. The minimum Gasteiger partial charge on any atom is -0.347 e. The molecule has 6 heteroatoms. The predicted molar refractivity (Wildman–Crippen MR) is 63.4 cm³/mol. The van der Waals surface area contributed by atoms with Crippen LogP contribution < -0.4 is 4.90 Å². The largest absolute Gasteiger partial charge is 0.347 e. The van der Waals surface area contributed by atoms with E-state index in [0.717, 1.165) is 0 Å². The van der Waals surface area contributed by atoms with Gasteiger partial charge in [-0.1, -0.05) is 0 Å². The lowest BCUT2D eigenvalue weighted by molar-refractivity contribution is -0.127. The fourth-order valence-corrected chi connectivity index (χ4v) is 1.20. The van der Waals surface area contributed by atoms with E-state index in [-0.39, 0.29) is 12.5 Å². The van der Waals surface area contributed by atoms with E-state index in [0.29, 0.717) is 17.3 Å². The quantitative estimate of drug-likeness (QED) is 0.744. The van der Waals surface area contributed by atoms with Gasteiger partial charge in [0, 0.05) is 26.8 Å². The molecule has 1 rings (SSSR count). The molecule has 0 fully saturated rings. The first-order chi connectivity index (χ1) is 7.93. The number of likely N-dealkylation sites (N-methyl/N-ethyl adjacent to an activating group) is 2. The van der Waals surface area contributed by atoms with Crippen LogP contribution in [0.4, 0.5) is 5.95 Å². The van der Waals surface area contributed by atoms with E-state index in [2.05, 4.69) is 9.97 Å². The zero-order valence-corrected chi connectivity index (χ0v) is 10.4. The van der Waals surface area contributed by atoms with Gasteiger partial charge in [0.25, 0.3) is 0 Å². The molecule has 0 bridgehead atoms. The normalized spacial score (nSPS) is 9.59.